The van der Waals surface area contributed by atoms with Crippen LogP contribution >= 0.6 is 0 Å². The second-order valence-electron chi connectivity index (χ2n) is 6.34. The van der Waals surface area contributed by atoms with E-state index in [1.165, 1.54) is 12.1 Å². The fourth-order valence-corrected chi connectivity index (χ4v) is 3.19. The zero-order valence-electron chi connectivity index (χ0n) is 12.0. The van der Waals surface area contributed by atoms with Crippen molar-refractivity contribution >= 4 is 0 Å². The van der Waals surface area contributed by atoms with Gasteiger partial charge in [-0.25, -0.2) is 0 Å². The van der Waals surface area contributed by atoms with E-state index >= 15 is 0 Å². The van der Waals surface area contributed by atoms with Gasteiger partial charge in [0.05, 0.1) is 5.56 Å². The highest BCUT2D eigenvalue weighted by atomic mass is 19.4. The molecule has 0 aliphatic heterocycles. The van der Waals surface area contributed by atoms with Crippen LogP contribution in [-0.2, 0) is 11.7 Å². The molecule has 20 heavy (non-hydrogen) atoms. The van der Waals surface area contributed by atoms with Crippen molar-refractivity contribution in [1.82, 2.24) is 0 Å². The van der Waals surface area contributed by atoms with Crippen LogP contribution in [0.3, 0.4) is 0 Å². The van der Waals surface area contributed by atoms with Crippen molar-refractivity contribution < 1.29 is 13.2 Å². The maximum atomic E-state index is 12.8. The third-order valence-electron chi connectivity index (χ3n) is 4.53. The van der Waals surface area contributed by atoms with Crippen LogP contribution in [-0.4, -0.2) is 0 Å². The molecule has 0 heterocycles. The van der Waals surface area contributed by atoms with E-state index in [4.69, 9.17) is 5.73 Å². The molecule has 1 aromatic carbocycles. The molecule has 0 aromatic heterocycles. The summed E-state index contributed by atoms with van der Waals surface area (Å²) in [5, 5.41) is 0. The van der Waals surface area contributed by atoms with Gasteiger partial charge in [-0.2, -0.15) is 13.2 Å². The lowest BCUT2D eigenvalue weighted by molar-refractivity contribution is -0.137. The summed E-state index contributed by atoms with van der Waals surface area (Å²) in [6.07, 6.45) is -0.673. The van der Waals surface area contributed by atoms with Gasteiger partial charge in [-0.05, 0) is 42.4 Å². The molecule has 0 radical (unpaired) electrons. The van der Waals surface area contributed by atoms with E-state index in [-0.39, 0.29) is 0 Å². The summed E-state index contributed by atoms with van der Waals surface area (Å²) in [6.45, 7) is 4.31. The molecule has 1 aliphatic carbocycles. The van der Waals surface area contributed by atoms with Gasteiger partial charge in [-0.15, -0.1) is 0 Å². The van der Waals surface area contributed by atoms with Gasteiger partial charge in [0.1, 0.15) is 0 Å². The summed E-state index contributed by atoms with van der Waals surface area (Å²) in [5.74, 6) is 1.01. The Balaban J connectivity index is 2.30. The number of nitrogens with two attached hydrogens (primary N) is 1. The van der Waals surface area contributed by atoms with Gasteiger partial charge in [0.25, 0.3) is 0 Å². The average Bonchev–Trinajstić information content (AvgIpc) is 2.38. The summed E-state index contributed by atoms with van der Waals surface area (Å²) in [5.41, 5.74) is 5.85. The first kappa shape index (κ1) is 15.4. The SMILES string of the molecule is CC(C)C1CCCC(N)(c2cccc(C(F)(F)F)c2)C1. The Kier molecular flexibility index (Phi) is 4.14. The van der Waals surface area contributed by atoms with Crippen molar-refractivity contribution in [2.24, 2.45) is 17.6 Å². The van der Waals surface area contributed by atoms with E-state index in [0.717, 1.165) is 31.7 Å². The molecule has 1 aliphatic rings. The minimum absolute atomic E-state index is 0.489. The van der Waals surface area contributed by atoms with Crippen LogP contribution < -0.4 is 5.73 Å². The van der Waals surface area contributed by atoms with Crippen LogP contribution in [0.1, 0.15) is 50.7 Å². The van der Waals surface area contributed by atoms with Crippen molar-refractivity contribution in [2.75, 3.05) is 0 Å². The van der Waals surface area contributed by atoms with Crippen molar-refractivity contribution in [2.45, 2.75) is 51.2 Å². The highest BCUT2D eigenvalue weighted by Crippen LogP contribution is 2.42. The fraction of sp³-hybridized carbons (Fsp3) is 0.625. The second-order valence-corrected chi connectivity index (χ2v) is 6.34. The van der Waals surface area contributed by atoms with Crippen molar-refractivity contribution in [3.63, 3.8) is 0 Å². The largest absolute Gasteiger partial charge is 0.416 e. The summed E-state index contributed by atoms with van der Waals surface area (Å²) in [6, 6.07) is 5.53. The van der Waals surface area contributed by atoms with Crippen LogP contribution in [0, 0.1) is 11.8 Å². The smallest absolute Gasteiger partial charge is 0.321 e. The monoisotopic (exact) mass is 285 g/mol. The molecule has 2 rings (SSSR count). The van der Waals surface area contributed by atoms with Gasteiger partial charge in [0.2, 0.25) is 0 Å². The number of benzene rings is 1. The topological polar surface area (TPSA) is 26.0 Å². The van der Waals surface area contributed by atoms with E-state index in [9.17, 15) is 13.2 Å². The van der Waals surface area contributed by atoms with E-state index in [0.29, 0.717) is 17.4 Å². The Labute approximate surface area is 118 Å². The predicted octanol–water partition coefficient (Wildman–Crippen LogP) is 4.71. The first-order valence-electron chi connectivity index (χ1n) is 7.19. The Morgan fingerprint density at radius 1 is 1.30 bits per heavy atom. The van der Waals surface area contributed by atoms with E-state index in [2.05, 4.69) is 13.8 Å². The molecule has 112 valence electrons. The van der Waals surface area contributed by atoms with Gasteiger partial charge < -0.3 is 5.73 Å². The molecule has 0 amide bonds. The van der Waals surface area contributed by atoms with E-state index in [1.807, 2.05) is 0 Å². The van der Waals surface area contributed by atoms with Crippen LogP contribution in [0.15, 0.2) is 24.3 Å². The van der Waals surface area contributed by atoms with Gasteiger partial charge in [-0.3, -0.25) is 0 Å². The number of hydrogen-bond acceptors (Lipinski definition) is 1. The minimum Gasteiger partial charge on any atom is -0.321 e. The number of hydrogen-bond donors (Lipinski definition) is 1. The summed E-state index contributed by atoms with van der Waals surface area (Å²) in [7, 11) is 0. The van der Waals surface area contributed by atoms with Crippen LogP contribution in [0.5, 0.6) is 0 Å². The maximum Gasteiger partial charge on any atom is 0.416 e. The summed E-state index contributed by atoms with van der Waals surface area (Å²) >= 11 is 0. The predicted molar refractivity (Wildman–Crippen MR) is 74.1 cm³/mol. The van der Waals surface area contributed by atoms with E-state index in [1.54, 1.807) is 6.07 Å². The first-order chi connectivity index (χ1) is 9.22. The Hall–Kier alpha value is -1.03. The molecule has 2 atom stereocenters. The minimum atomic E-state index is -4.31. The highest BCUT2D eigenvalue weighted by molar-refractivity contribution is 5.31. The first-order valence-corrected chi connectivity index (χ1v) is 7.19. The zero-order valence-corrected chi connectivity index (χ0v) is 12.0. The van der Waals surface area contributed by atoms with Gasteiger partial charge in [0.15, 0.2) is 0 Å². The standard InChI is InChI=1S/C16H22F3N/c1-11(2)12-5-4-8-15(20,10-12)13-6-3-7-14(9-13)16(17,18)19/h3,6-7,9,11-12H,4-5,8,10,20H2,1-2H3. The lowest BCUT2D eigenvalue weighted by Crippen LogP contribution is -2.42. The Bertz CT molecular complexity index is 467. The summed E-state index contributed by atoms with van der Waals surface area (Å²) < 4.78 is 38.5. The highest BCUT2D eigenvalue weighted by Gasteiger charge is 2.37. The molecule has 0 saturated heterocycles. The molecule has 1 fully saturated rings. The molecule has 2 N–H and O–H groups in total. The molecular formula is C16H22F3N. The summed E-state index contributed by atoms with van der Waals surface area (Å²) in [4.78, 5) is 0. The molecule has 1 aromatic rings. The van der Waals surface area contributed by atoms with Crippen molar-refractivity contribution in [3.8, 4) is 0 Å². The van der Waals surface area contributed by atoms with Crippen molar-refractivity contribution in [1.29, 1.82) is 0 Å². The van der Waals surface area contributed by atoms with Gasteiger partial charge >= 0.3 is 6.18 Å². The van der Waals surface area contributed by atoms with E-state index < -0.39 is 17.3 Å². The number of alkyl halides is 3. The lowest BCUT2D eigenvalue weighted by atomic mass is 9.69. The lowest BCUT2D eigenvalue weighted by Gasteiger charge is -2.40. The normalized spacial score (nSPS) is 27.9. The van der Waals surface area contributed by atoms with Gasteiger partial charge in [0, 0.05) is 5.54 Å². The molecular weight excluding hydrogens is 263 g/mol. The van der Waals surface area contributed by atoms with Crippen LogP contribution in [0.2, 0.25) is 0 Å². The molecule has 0 spiro atoms. The van der Waals surface area contributed by atoms with Crippen LogP contribution in [0.4, 0.5) is 13.2 Å². The third-order valence-corrected chi connectivity index (χ3v) is 4.53. The molecule has 0 bridgehead atoms. The van der Waals surface area contributed by atoms with Gasteiger partial charge in [-0.1, -0.05) is 38.8 Å². The Morgan fingerprint density at radius 3 is 2.60 bits per heavy atom. The third kappa shape index (κ3) is 3.17. The zero-order chi connectivity index (χ0) is 15.0. The molecule has 2 unspecified atom stereocenters. The molecule has 4 heteroatoms. The average molecular weight is 285 g/mol. The number of rotatable bonds is 2. The second kappa shape index (κ2) is 5.40. The molecule has 1 nitrogen and oxygen atoms in total. The maximum absolute atomic E-state index is 12.8. The van der Waals surface area contributed by atoms with Crippen LogP contribution in [0.25, 0.3) is 0 Å². The number of halogens is 3. The fourth-order valence-electron chi connectivity index (χ4n) is 3.19. The molecule has 1 saturated carbocycles. The Morgan fingerprint density at radius 2 is 2.00 bits per heavy atom. The van der Waals surface area contributed by atoms with Crippen molar-refractivity contribution in [3.05, 3.63) is 35.4 Å². The quantitative estimate of drug-likeness (QED) is 0.837.